The molecule has 1 amide bonds. The van der Waals surface area contributed by atoms with Crippen molar-refractivity contribution in [3.05, 3.63) is 29.8 Å². The molecule has 1 aliphatic rings. The van der Waals surface area contributed by atoms with Gasteiger partial charge < -0.3 is 10.4 Å². The average Bonchev–Trinajstić information content (AvgIpc) is 2.82. The Balaban J connectivity index is 2.05. The van der Waals surface area contributed by atoms with Crippen LogP contribution in [-0.2, 0) is 4.79 Å². The third-order valence-electron chi connectivity index (χ3n) is 2.41. The summed E-state index contributed by atoms with van der Waals surface area (Å²) in [5.74, 6) is 0.380. The summed E-state index contributed by atoms with van der Waals surface area (Å²) in [6.45, 7) is 0. The Bertz CT molecular complexity index is 444. The van der Waals surface area contributed by atoms with Gasteiger partial charge in [0.2, 0.25) is 5.91 Å². The van der Waals surface area contributed by atoms with Crippen molar-refractivity contribution in [2.24, 2.45) is 0 Å². The van der Waals surface area contributed by atoms with Gasteiger partial charge in [0, 0.05) is 17.3 Å². The molecule has 6 heteroatoms. The van der Waals surface area contributed by atoms with Crippen LogP contribution in [0.4, 0.5) is 5.69 Å². The highest BCUT2D eigenvalue weighted by Gasteiger charge is 2.22. The molecule has 17 heavy (non-hydrogen) atoms. The largest absolute Gasteiger partial charge is 0.478 e. The van der Waals surface area contributed by atoms with E-state index in [9.17, 15) is 9.59 Å². The summed E-state index contributed by atoms with van der Waals surface area (Å²) in [6, 6.07) is 6.01. The van der Waals surface area contributed by atoms with Gasteiger partial charge in [-0.2, -0.15) is 0 Å². The molecule has 1 saturated heterocycles. The van der Waals surface area contributed by atoms with Crippen LogP contribution in [0.25, 0.3) is 0 Å². The molecular weight excluding hydrogens is 240 g/mol. The van der Waals surface area contributed by atoms with Crippen molar-refractivity contribution in [2.45, 2.75) is 6.04 Å². The minimum absolute atomic E-state index is 0.127. The molecule has 5 nitrogen and oxygen atoms in total. The van der Waals surface area contributed by atoms with Gasteiger partial charge in [0.05, 0.1) is 11.6 Å². The molecule has 3 N–H and O–H groups in total. The Morgan fingerprint density at radius 2 is 2.29 bits per heavy atom. The number of carboxylic acid groups (broad SMARTS) is 1. The molecule has 0 saturated carbocycles. The number of carboxylic acids is 1. The van der Waals surface area contributed by atoms with E-state index in [0.717, 1.165) is 11.6 Å². The van der Waals surface area contributed by atoms with Crippen LogP contribution in [0.1, 0.15) is 10.4 Å². The van der Waals surface area contributed by atoms with E-state index < -0.39 is 5.97 Å². The van der Waals surface area contributed by atoms with E-state index in [1.165, 1.54) is 12.1 Å². The lowest BCUT2D eigenvalue weighted by molar-refractivity contribution is -0.117. The number of amides is 1. The van der Waals surface area contributed by atoms with Crippen molar-refractivity contribution >= 4 is 29.3 Å². The van der Waals surface area contributed by atoms with Crippen molar-refractivity contribution < 1.29 is 14.7 Å². The summed E-state index contributed by atoms with van der Waals surface area (Å²) < 4.78 is 0. The highest BCUT2D eigenvalue weighted by Crippen LogP contribution is 2.14. The normalized spacial score (nSPS) is 18.9. The molecule has 1 atom stereocenters. The van der Waals surface area contributed by atoms with Crippen LogP contribution in [0.2, 0.25) is 0 Å². The summed E-state index contributed by atoms with van der Waals surface area (Å²) in [5.41, 5.74) is 0.671. The third kappa shape index (κ3) is 2.98. The molecule has 0 spiro atoms. The highest BCUT2D eigenvalue weighted by molar-refractivity contribution is 7.99. The van der Waals surface area contributed by atoms with Crippen LogP contribution in [0.15, 0.2) is 24.3 Å². The fraction of sp³-hybridized carbons (Fsp3) is 0.273. The second-order valence-corrected chi connectivity index (χ2v) is 4.68. The van der Waals surface area contributed by atoms with E-state index in [-0.39, 0.29) is 17.5 Å². The molecular formula is C11H12N2O3S. The topological polar surface area (TPSA) is 78.4 Å². The van der Waals surface area contributed by atoms with E-state index in [1.807, 2.05) is 0 Å². The summed E-state index contributed by atoms with van der Waals surface area (Å²) in [6.07, 6.45) is 0. The SMILES string of the molecule is O=C(O)c1cccc(NC(=O)C2CSCN2)c1. The van der Waals surface area contributed by atoms with Gasteiger partial charge in [-0.25, -0.2) is 4.79 Å². The average molecular weight is 252 g/mol. The lowest BCUT2D eigenvalue weighted by Crippen LogP contribution is -2.37. The van der Waals surface area contributed by atoms with Gasteiger partial charge >= 0.3 is 5.97 Å². The van der Waals surface area contributed by atoms with Crippen LogP contribution in [0, 0.1) is 0 Å². The fourth-order valence-electron chi connectivity index (χ4n) is 1.52. The van der Waals surface area contributed by atoms with Crippen molar-refractivity contribution in [2.75, 3.05) is 16.9 Å². The molecule has 1 fully saturated rings. The van der Waals surface area contributed by atoms with Gasteiger partial charge in [-0.15, -0.1) is 11.8 Å². The first-order valence-corrected chi connectivity index (χ1v) is 6.27. The molecule has 0 aliphatic carbocycles. The van der Waals surface area contributed by atoms with Crippen molar-refractivity contribution in [3.8, 4) is 0 Å². The first-order valence-electron chi connectivity index (χ1n) is 5.12. The van der Waals surface area contributed by atoms with Gasteiger partial charge in [0.25, 0.3) is 0 Å². The van der Waals surface area contributed by atoms with Crippen molar-refractivity contribution in [1.29, 1.82) is 0 Å². The second kappa shape index (κ2) is 5.20. The standard InChI is InChI=1S/C11H12N2O3S/c14-10(9-5-17-6-12-9)13-8-3-1-2-7(4-8)11(15)16/h1-4,9,12H,5-6H2,(H,13,14)(H,15,16). The van der Waals surface area contributed by atoms with E-state index in [0.29, 0.717) is 5.69 Å². The summed E-state index contributed by atoms with van der Waals surface area (Å²) in [5, 5.41) is 14.6. The summed E-state index contributed by atoms with van der Waals surface area (Å²) >= 11 is 1.66. The van der Waals surface area contributed by atoms with Crippen LogP contribution in [0.5, 0.6) is 0 Å². The fourth-order valence-corrected chi connectivity index (χ4v) is 2.46. The first kappa shape index (κ1) is 11.9. The zero-order valence-corrected chi connectivity index (χ0v) is 9.79. The predicted molar refractivity (Wildman–Crippen MR) is 66.3 cm³/mol. The molecule has 1 heterocycles. The zero-order valence-electron chi connectivity index (χ0n) is 8.97. The van der Waals surface area contributed by atoms with Gasteiger partial charge in [-0.1, -0.05) is 6.07 Å². The molecule has 1 unspecified atom stereocenters. The van der Waals surface area contributed by atoms with Crippen LogP contribution < -0.4 is 10.6 Å². The number of rotatable bonds is 3. The number of anilines is 1. The number of benzene rings is 1. The molecule has 1 aliphatic heterocycles. The monoisotopic (exact) mass is 252 g/mol. The lowest BCUT2D eigenvalue weighted by atomic mass is 10.2. The Morgan fingerprint density at radius 3 is 2.94 bits per heavy atom. The second-order valence-electron chi connectivity index (χ2n) is 3.65. The summed E-state index contributed by atoms with van der Waals surface area (Å²) in [7, 11) is 0. The zero-order chi connectivity index (χ0) is 12.3. The maximum absolute atomic E-state index is 11.8. The molecule has 1 aromatic rings. The molecule has 2 rings (SSSR count). The molecule has 0 bridgehead atoms. The van der Waals surface area contributed by atoms with Crippen LogP contribution in [0.3, 0.4) is 0 Å². The van der Waals surface area contributed by atoms with Crippen LogP contribution in [-0.4, -0.2) is 34.7 Å². The number of aromatic carboxylic acids is 1. The number of nitrogens with one attached hydrogen (secondary N) is 2. The third-order valence-corrected chi connectivity index (χ3v) is 3.35. The maximum atomic E-state index is 11.8. The molecule has 1 aromatic carbocycles. The van der Waals surface area contributed by atoms with Gasteiger partial charge in [0.1, 0.15) is 0 Å². The summed E-state index contributed by atoms with van der Waals surface area (Å²) in [4.78, 5) is 22.5. The smallest absolute Gasteiger partial charge is 0.335 e. The molecule has 0 radical (unpaired) electrons. The Hall–Kier alpha value is -1.53. The number of thioether (sulfide) groups is 1. The minimum Gasteiger partial charge on any atom is -0.478 e. The number of hydrogen-bond acceptors (Lipinski definition) is 4. The number of carbonyl (C=O) groups excluding carboxylic acids is 1. The quantitative estimate of drug-likeness (QED) is 0.747. The number of hydrogen-bond donors (Lipinski definition) is 3. The van der Waals surface area contributed by atoms with E-state index in [2.05, 4.69) is 10.6 Å². The molecule has 90 valence electrons. The Morgan fingerprint density at radius 1 is 1.47 bits per heavy atom. The Labute approximate surface area is 103 Å². The van der Waals surface area contributed by atoms with E-state index in [1.54, 1.807) is 23.9 Å². The highest BCUT2D eigenvalue weighted by atomic mass is 32.2. The van der Waals surface area contributed by atoms with Crippen molar-refractivity contribution in [3.63, 3.8) is 0 Å². The Kier molecular flexibility index (Phi) is 3.65. The minimum atomic E-state index is -1.00. The predicted octanol–water partition coefficient (Wildman–Crippen LogP) is 0.986. The van der Waals surface area contributed by atoms with Gasteiger partial charge in [0.15, 0.2) is 0 Å². The van der Waals surface area contributed by atoms with Gasteiger partial charge in [-0.3, -0.25) is 10.1 Å². The maximum Gasteiger partial charge on any atom is 0.335 e. The first-order chi connectivity index (χ1) is 8.16. The number of carbonyl (C=O) groups is 2. The van der Waals surface area contributed by atoms with Crippen molar-refractivity contribution in [1.82, 2.24) is 5.32 Å². The lowest BCUT2D eigenvalue weighted by Gasteiger charge is -2.10. The van der Waals surface area contributed by atoms with Crippen LogP contribution >= 0.6 is 11.8 Å². The van der Waals surface area contributed by atoms with E-state index >= 15 is 0 Å². The van der Waals surface area contributed by atoms with E-state index in [4.69, 9.17) is 5.11 Å². The molecule has 0 aromatic heterocycles. The van der Waals surface area contributed by atoms with Gasteiger partial charge in [-0.05, 0) is 18.2 Å².